The fraction of sp³-hybridized carbons (Fsp3) is 0.571. The lowest BCUT2D eigenvalue weighted by Gasteiger charge is -2.17. The number of aromatic nitrogens is 2. The lowest BCUT2D eigenvalue weighted by Crippen LogP contribution is -2.14. The average Bonchev–Trinajstić information content (AvgIpc) is 2.66. The first-order valence-corrected chi connectivity index (χ1v) is 7.54. The molecule has 4 heteroatoms. The first kappa shape index (κ1) is 11.9. The number of hydrogen-bond acceptors (Lipinski definition) is 3. The molecule has 18 heavy (non-hydrogen) atoms. The maximum atomic E-state index is 12.2. The van der Waals surface area contributed by atoms with E-state index in [9.17, 15) is 4.79 Å². The molecule has 0 aromatic carbocycles. The van der Waals surface area contributed by atoms with Crippen molar-refractivity contribution in [3.63, 3.8) is 0 Å². The van der Waals surface area contributed by atoms with E-state index in [2.05, 4.69) is 23.8 Å². The molecule has 3 nitrogen and oxygen atoms in total. The van der Waals surface area contributed by atoms with Crippen molar-refractivity contribution < 1.29 is 0 Å². The topological polar surface area (TPSA) is 45.8 Å². The molecule has 1 aliphatic rings. The number of hydrogen-bond donors (Lipinski definition) is 1. The zero-order chi connectivity index (χ0) is 12.7. The molecule has 0 radical (unpaired) electrons. The van der Waals surface area contributed by atoms with Crippen LogP contribution in [-0.2, 0) is 19.3 Å². The van der Waals surface area contributed by atoms with Gasteiger partial charge in [-0.15, -0.1) is 11.3 Å². The fourth-order valence-electron chi connectivity index (χ4n) is 2.75. The van der Waals surface area contributed by atoms with Crippen molar-refractivity contribution in [2.24, 2.45) is 5.92 Å². The number of thiophene rings is 1. The second-order valence-corrected chi connectivity index (χ2v) is 6.38. The lowest BCUT2D eigenvalue weighted by molar-refractivity contribution is 0.509. The van der Waals surface area contributed by atoms with Crippen LogP contribution in [0.2, 0.25) is 0 Å². The minimum Gasteiger partial charge on any atom is -0.310 e. The number of H-pyrrole nitrogens is 1. The van der Waals surface area contributed by atoms with Crippen LogP contribution in [0.1, 0.15) is 43.0 Å². The summed E-state index contributed by atoms with van der Waals surface area (Å²) in [5.41, 5.74) is 1.33. The molecular formula is C14H18N2OS. The molecule has 3 rings (SSSR count). The Labute approximate surface area is 110 Å². The fourth-order valence-corrected chi connectivity index (χ4v) is 4.15. The van der Waals surface area contributed by atoms with E-state index in [1.54, 1.807) is 11.3 Å². The highest BCUT2D eigenvalue weighted by Gasteiger charge is 2.22. The highest BCUT2D eigenvalue weighted by atomic mass is 32.1. The van der Waals surface area contributed by atoms with Crippen LogP contribution in [-0.4, -0.2) is 9.97 Å². The average molecular weight is 262 g/mol. The summed E-state index contributed by atoms with van der Waals surface area (Å²) in [6.07, 6.45) is 5.20. The summed E-state index contributed by atoms with van der Waals surface area (Å²) in [6, 6.07) is 0. The van der Waals surface area contributed by atoms with Gasteiger partial charge in [-0.3, -0.25) is 4.79 Å². The number of rotatable bonds is 2. The number of nitrogens with zero attached hydrogens (tertiary/aromatic N) is 1. The molecule has 0 unspecified atom stereocenters. The summed E-state index contributed by atoms with van der Waals surface area (Å²) in [5, 5.41) is 0.863. The van der Waals surface area contributed by atoms with Crippen molar-refractivity contribution in [3.8, 4) is 0 Å². The van der Waals surface area contributed by atoms with E-state index in [0.29, 0.717) is 0 Å². The third kappa shape index (κ3) is 1.88. The smallest absolute Gasteiger partial charge is 0.259 e. The molecule has 0 bridgehead atoms. The third-order valence-corrected chi connectivity index (χ3v) is 4.85. The zero-order valence-corrected chi connectivity index (χ0v) is 11.7. The van der Waals surface area contributed by atoms with Crippen LogP contribution in [0.4, 0.5) is 0 Å². The molecule has 0 spiro atoms. The summed E-state index contributed by atoms with van der Waals surface area (Å²) >= 11 is 1.73. The van der Waals surface area contributed by atoms with Crippen molar-refractivity contribution in [2.75, 3.05) is 0 Å². The van der Waals surface area contributed by atoms with Gasteiger partial charge in [-0.25, -0.2) is 4.98 Å². The van der Waals surface area contributed by atoms with Gasteiger partial charge in [-0.2, -0.15) is 0 Å². The minimum absolute atomic E-state index is 0.0653. The van der Waals surface area contributed by atoms with E-state index in [4.69, 9.17) is 0 Å². The molecule has 0 fully saturated rings. The second kappa shape index (κ2) is 4.50. The molecule has 1 atom stereocenters. The van der Waals surface area contributed by atoms with Crippen LogP contribution in [0.25, 0.3) is 10.2 Å². The number of fused-ring (bicyclic) bond motifs is 3. The largest absolute Gasteiger partial charge is 0.310 e. The predicted molar refractivity (Wildman–Crippen MR) is 75.4 cm³/mol. The van der Waals surface area contributed by atoms with Gasteiger partial charge in [0.1, 0.15) is 10.7 Å². The van der Waals surface area contributed by atoms with Crippen molar-refractivity contribution >= 4 is 21.6 Å². The van der Waals surface area contributed by atoms with Gasteiger partial charge in [-0.05, 0) is 37.2 Å². The zero-order valence-electron chi connectivity index (χ0n) is 10.9. The minimum atomic E-state index is 0.0653. The highest BCUT2D eigenvalue weighted by Crippen LogP contribution is 2.35. The van der Waals surface area contributed by atoms with Gasteiger partial charge in [0.2, 0.25) is 0 Å². The van der Waals surface area contributed by atoms with Gasteiger partial charge in [0.05, 0.1) is 5.39 Å². The van der Waals surface area contributed by atoms with Gasteiger partial charge in [0.15, 0.2) is 0 Å². The SMILES string of the molecule is CCCc1nc2sc3c(c2c(=O)[nH]1)CC[C@@H](C)C3. The van der Waals surface area contributed by atoms with E-state index in [1.165, 1.54) is 16.9 Å². The van der Waals surface area contributed by atoms with E-state index in [-0.39, 0.29) is 5.56 Å². The first-order chi connectivity index (χ1) is 8.69. The first-order valence-electron chi connectivity index (χ1n) is 6.72. The van der Waals surface area contributed by atoms with Crippen LogP contribution in [0, 0.1) is 5.92 Å². The standard InChI is InChI=1S/C14H18N2OS/c1-3-4-11-15-13(17)12-9-6-5-8(2)7-10(9)18-14(12)16-11/h8H,3-7H2,1-2H3,(H,15,16,17)/t8-/m1/s1. The molecule has 2 aromatic heterocycles. The Hall–Kier alpha value is -1.16. The summed E-state index contributed by atoms with van der Waals surface area (Å²) in [5.74, 6) is 1.57. The summed E-state index contributed by atoms with van der Waals surface area (Å²) in [7, 11) is 0. The quantitative estimate of drug-likeness (QED) is 0.904. The second-order valence-electron chi connectivity index (χ2n) is 5.29. The van der Waals surface area contributed by atoms with Gasteiger partial charge >= 0.3 is 0 Å². The maximum Gasteiger partial charge on any atom is 0.259 e. The molecule has 0 saturated heterocycles. The molecule has 1 N–H and O–H groups in total. The normalized spacial score (nSPS) is 19.1. The molecule has 96 valence electrons. The number of nitrogens with one attached hydrogen (secondary N) is 1. The van der Waals surface area contributed by atoms with Crippen molar-refractivity contribution in [1.29, 1.82) is 0 Å². The Kier molecular flexibility index (Phi) is 2.98. The van der Waals surface area contributed by atoms with Crippen molar-refractivity contribution in [3.05, 3.63) is 26.6 Å². The van der Waals surface area contributed by atoms with E-state index in [0.717, 1.165) is 47.6 Å². The lowest BCUT2D eigenvalue weighted by atomic mass is 9.89. The molecule has 2 heterocycles. The van der Waals surface area contributed by atoms with Gasteiger partial charge in [0.25, 0.3) is 5.56 Å². The third-order valence-electron chi connectivity index (χ3n) is 3.70. The molecule has 0 aliphatic heterocycles. The Balaban J connectivity index is 2.19. The highest BCUT2D eigenvalue weighted by molar-refractivity contribution is 7.18. The van der Waals surface area contributed by atoms with E-state index < -0.39 is 0 Å². The Bertz CT molecular complexity index is 641. The van der Waals surface area contributed by atoms with Crippen molar-refractivity contribution in [1.82, 2.24) is 9.97 Å². The summed E-state index contributed by atoms with van der Waals surface area (Å²) in [4.78, 5) is 22.1. The van der Waals surface area contributed by atoms with E-state index in [1.807, 2.05) is 0 Å². The van der Waals surface area contributed by atoms with E-state index >= 15 is 0 Å². The van der Waals surface area contributed by atoms with Gasteiger partial charge < -0.3 is 4.98 Å². The van der Waals surface area contributed by atoms with Gasteiger partial charge in [0, 0.05) is 11.3 Å². The van der Waals surface area contributed by atoms with Crippen molar-refractivity contribution in [2.45, 2.75) is 46.0 Å². The molecule has 0 saturated carbocycles. The number of aromatic amines is 1. The Morgan fingerprint density at radius 1 is 1.50 bits per heavy atom. The van der Waals surface area contributed by atoms with Crippen LogP contribution < -0.4 is 5.56 Å². The number of aryl methyl sites for hydroxylation is 2. The summed E-state index contributed by atoms with van der Waals surface area (Å²) < 4.78 is 0. The van der Waals surface area contributed by atoms with Crippen LogP contribution in [0.5, 0.6) is 0 Å². The Morgan fingerprint density at radius 2 is 2.33 bits per heavy atom. The van der Waals surface area contributed by atoms with Gasteiger partial charge in [-0.1, -0.05) is 13.8 Å². The monoisotopic (exact) mass is 262 g/mol. The van der Waals surface area contributed by atoms with Crippen LogP contribution >= 0.6 is 11.3 Å². The van der Waals surface area contributed by atoms with Crippen LogP contribution in [0.3, 0.4) is 0 Å². The summed E-state index contributed by atoms with van der Waals surface area (Å²) in [6.45, 7) is 4.39. The predicted octanol–water partition coefficient (Wildman–Crippen LogP) is 3.06. The van der Waals surface area contributed by atoms with Crippen LogP contribution in [0.15, 0.2) is 4.79 Å². The maximum absolute atomic E-state index is 12.2. The molecule has 2 aromatic rings. The Morgan fingerprint density at radius 3 is 3.11 bits per heavy atom. The molecular weight excluding hydrogens is 244 g/mol. The molecule has 1 aliphatic carbocycles. The molecule has 0 amide bonds.